The number of aryl methyl sites for hydroxylation is 1. The van der Waals surface area contributed by atoms with Gasteiger partial charge in [-0.3, -0.25) is 0 Å². The van der Waals surface area contributed by atoms with E-state index in [1.165, 1.54) is 30.2 Å². The third-order valence-electron chi connectivity index (χ3n) is 5.08. The molecule has 1 atom stereocenters. The van der Waals surface area contributed by atoms with Gasteiger partial charge < -0.3 is 14.2 Å². The second-order valence-electron chi connectivity index (χ2n) is 7.50. The largest absolute Gasteiger partial charge is 0.465 e. The summed E-state index contributed by atoms with van der Waals surface area (Å²) in [7, 11) is 0. The van der Waals surface area contributed by atoms with E-state index >= 15 is 0 Å². The molecule has 0 amide bonds. The highest BCUT2D eigenvalue weighted by atomic mass is 79.9. The molecule has 1 aromatic carbocycles. The van der Waals surface area contributed by atoms with Gasteiger partial charge in [-0.25, -0.2) is 0 Å². The van der Waals surface area contributed by atoms with Crippen molar-refractivity contribution in [2.75, 3.05) is 11.9 Å². The van der Waals surface area contributed by atoms with Crippen LogP contribution in [-0.4, -0.2) is 17.2 Å². The highest BCUT2D eigenvalue weighted by Crippen LogP contribution is 2.43. The number of halogens is 1. The fraction of sp³-hybridized carbons (Fsp3) is 0.542. The van der Waals surface area contributed by atoms with E-state index in [-0.39, 0.29) is 11.2 Å². The first kappa shape index (κ1) is 23.9. The maximum Gasteiger partial charge on any atom is 0.357 e. The van der Waals surface area contributed by atoms with Crippen LogP contribution in [0.5, 0.6) is 11.5 Å². The molecule has 0 heterocycles. The van der Waals surface area contributed by atoms with E-state index in [1.54, 1.807) is 0 Å². The van der Waals surface area contributed by atoms with Crippen LogP contribution < -0.4 is 9.47 Å². The normalized spacial score (nSPS) is 16.1. The van der Waals surface area contributed by atoms with Crippen LogP contribution in [0.15, 0.2) is 36.6 Å². The molecule has 0 spiro atoms. The van der Waals surface area contributed by atoms with E-state index in [2.05, 4.69) is 54.6 Å². The lowest BCUT2D eigenvalue weighted by Crippen LogP contribution is -2.15. The van der Waals surface area contributed by atoms with E-state index in [9.17, 15) is 0 Å². The van der Waals surface area contributed by atoms with Crippen molar-refractivity contribution in [3.63, 3.8) is 0 Å². The maximum atomic E-state index is 6.06. The molecule has 0 saturated carbocycles. The Hall–Kier alpha value is -1.33. The fourth-order valence-electron chi connectivity index (χ4n) is 3.68. The Balaban J connectivity index is 2.38. The SMILES string of the molecule is C=COc1cc(CCCCC)cc(OC(=S)OCCCBr)c1C1C=C(C)CCC1. The summed E-state index contributed by atoms with van der Waals surface area (Å²) < 4.78 is 17.5. The van der Waals surface area contributed by atoms with Gasteiger partial charge in [0.2, 0.25) is 0 Å². The number of thiocarbonyl (C=S) groups is 1. The number of hydrogen-bond donors (Lipinski definition) is 0. The molecule has 0 N–H and O–H groups in total. The molecular formula is C24H33BrO3S. The smallest absolute Gasteiger partial charge is 0.357 e. The van der Waals surface area contributed by atoms with E-state index in [0.717, 1.165) is 60.9 Å². The van der Waals surface area contributed by atoms with Gasteiger partial charge in [0.25, 0.3) is 0 Å². The van der Waals surface area contributed by atoms with E-state index in [0.29, 0.717) is 6.61 Å². The van der Waals surface area contributed by atoms with Crippen LogP contribution in [0, 0.1) is 0 Å². The lowest BCUT2D eigenvalue weighted by Gasteiger charge is -2.25. The molecule has 0 fully saturated rings. The Morgan fingerprint density at radius 3 is 2.76 bits per heavy atom. The third-order valence-corrected chi connectivity index (χ3v) is 5.84. The predicted molar refractivity (Wildman–Crippen MR) is 128 cm³/mol. The summed E-state index contributed by atoms with van der Waals surface area (Å²) in [5.74, 6) is 1.79. The lowest BCUT2D eigenvalue weighted by molar-refractivity contribution is 0.248. The summed E-state index contributed by atoms with van der Waals surface area (Å²) >= 11 is 8.76. The number of ether oxygens (including phenoxy) is 3. The minimum Gasteiger partial charge on any atom is -0.465 e. The van der Waals surface area contributed by atoms with Crippen molar-refractivity contribution >= 4 is 33.4 Å². The van der Waals surface area contributed by atoms with Crippen molar-refractivity contribution < 1.29 is 14.2 Å². The van der Waals surface area contributed by atoms with Gasteiger partial charge in [-0.2, -0.15) is 0 Å². The molecular weight excluding hydrogens is 448 g/mol. The number of benzene rings is 1. The Labute approximate surface area is 189 Å². The molecule has 1 aliphatic carbocycles. The van der Waals surface area contributed by atoms with Crippen molar-refractivity contribution in [2.45, 2.75) is 71.1 Å². The molecule has 0 saturated heterocycles. The average molecular weight is 481 g/mol. The summed E-state index contributed by atoms with van der Waals surface area (Å²) in [6.45, 7) is 8.71. The molecule has 5 heteroatoms. The van der Waals surface area contributed by atoms with Gasteiger partial charge in [0.05, 0.1) is 12.9 Å². The van der Waals surface area contributed by atoms with Crippen molar-refractivity contribution in [3.05, 3.63) is 47.7 Å². The zero-order valence-corrected chi connectivity index (χ0v) is 20.1. The van der Waals surface area contributed by atoms with Gasteiger partial charge in [-0.15, -0.1) is 0 Å². The van der Waals surface area contributed by atoms with Crippen LogP contribution in [0.4, 0.5) is 0 Å². The summed E-state index contributed by atoms with van der Waals surface area (Å²) in [4.78, 5) is 0. The molecule has 0 radical (unpaired) electrons. The highest BCUT2D eigenvalue weighted by molar-refractivity contribution is 9.09. The minimum atomic E-state index is 0.166. The van der Waals surface area contributed by atoms with Gasteiger partial charge in [0.15, 0.2) is 0 Å². The van der Waals surface area contributed by atoms with Gasteiger partial charge in [0, 0.05) is 29.0 Å². The Bertz CT molecular complexity index is 714. The van der Waals surface area contributed by atoms with Gasteiger partial charge in [0.1, 0.15) is 11.5 Å². The minimum absolute atomic E-state index is 0.166. The maximum absolute atomic E-state index is 6.06. The van der Waals surface area contributed by atoms with Gasteiger partial charge >= 0.3 is 5.24 Å². The fourth-order valence-corrected chi connectivity index (χ4v) is 4.09. The van der Waals surface area contributed by atoms with Crippen molar-refractivity contribution in [1.82, 2.24) is 0 Å². The number of allylic oxidation sites excluding steroid dienone is 2. The zero-order chi connectivity index (χ0) is 21.1. The number of alkyl halides is 1. The Morgan fingerprint density at radius 1 is 1.28 bits per heavy atom. The predicted octanol–water partition coefficient (Wildman–Crippen LogP) is 7.62. The molecule has 1 unspecified atom stereocenters. The zero-order valence-electron chi connectivity index (χ0n) is 17.7. The summed E-state index contributed by atoms with van der Waals surface area (Å²) in [6, 6.07) is 4.24. The van der Waals surface area contributed by atoms with Crippen LogP contribution in [0.25, 0.3) is 0 Å². The molecule has 0 bridgehead atoms. The Kier molecular flexibility index (Phi) is 10.8. The highest BCUT2D eigenvalue weighted by Gasteiger charge is 2.24. The van der Waals surface area contributed by atoms with Crippen molar-refractivity contribution in [2.24, 2.45) is 0 Å². The van der Waals surface area contributed by atoms with Gasteiger partial charge in [-0.05, 0) is 63.1 Å². The van der Waals surface area contributed by atoms with Crippen molar-refractivity contribution in [3.8, 4) is 11.5 Å². The topological polar surface area (TPSA) is 27.7 Å². The number of unbranched alkanes of at least 4 members (excludes halogenated alkanes) is 2. The van der Waals surface area contributed by atoms with Crippen LogP contribution in [0.2, 0.25) is 0 Å². The quantitative estimate of drug-likeness (QED) is 0.107. The molecule has 0 aliphatic heterocycles. The summed E-state index contributed by atoms with van der Waals surface area (Å²) in [5.41, 5.74) is 3.63. The van der Waals surface area contributed by atoms with Crippen LogP contribution in [0.3, 0.4) is 0 Å². The molecule has 1 aromatic rings. The molecule has 29 heavy (non-hydrogen) atoms. The molecule has 2 rings (SSSR count). The first-order valence-electron chi connectivity index (χ1n) is 10.6. The number of rotatable bonds is 11. The molecule has 3 nitrogen and oxygen atoms in total. The lowest BCUT2D eigenvalue weighted by atomic mass is 9.84. The molecule has 1 aliphatic rings. The summed E-state index contributed by atoms with van der Waals surface area (Å²) in [6.07, 6.45) is 12.6. The first-order chi connectivity index (χ1) is 14.1. The monoisotopic (exact) mass is 480 g/mol. The van der Waals surface area contributed by atoms with Crippen LogP contribution in [-0.2, 0) is 11.2 Å². The van der Waals surface area contributed by atoms with E-state index in [4.69, 9.17) is 26.4 Å². The first-order valence-corrected chi connectivity index (χ1v) is 12.1. The summed E-state index contributed by atoms with van der Waals surface area (Å²) in [5, 5.41) is 1.04. The van der Waals surface area contributed by atoms with Crippen LogP contribution >= 0.6 is 28.1 Å². The van der Waals surface area contributed by atoms with E-state index < -0.39 is 0 Å². The third kappa shape index (κ3) is 7.78. The van der Waals surface area contributed by atoms with Gasteiger partial charge in [-0.1, -0.05) is 53.9 Å². The average Bonchev–Trinajstić information content (AvgIpc) is 2.68. The van der Waals surface area contributed by atoms with Crippen LogP contribution in [0.1, 0.15) is 75.8 Å². The standard InChI is InChI=1S/C24H33BrO3S/c1-4-6-7-11-19-16-21(26-5-2)23(20-12-8-10-18(3)15-20)22(17-19)28-24(29)27-14-9-13-25/h5,15-17,20H,2,4,6-14H2,1,3H3. The Morgan fingerprint density at radius 2 is 2.07 bits per heavy atom. The molecule has 0 aromatic heterocycles. The second-order valence-corrected chi connectivity index (χ2v) is 8.63. The van der Waals surface area contributed by atoms with Crippen molar-refractivity contribution in [1.29, 1.82) is 0 Å². The van der Waals surface area contributed by atoms with E-state index in [1.807, 2.05) is 0 Å². The second kappa shape index (κ2) is 13.1. The molecule has 160 valence electrons. The number of hydrogen-bond acceptors (Lipinski definition) is 4.